The van der Waals surface area contributed by atoms with Crippen molar-refractivity contribution >= 4 is 28.8 Å². The molecule has 3 aromatic rings. The van der Waals surface area contributed by atoms with E-state index >= 15 is 0 Å². The minimum atomic E-state index is -4.42. The smallest absolute Gasteiger partial charge is 0.368 e. The standard InChI is InChI=1S/C26H25F6N7O2/c27-25(28,29)18-1-5-20(6-2-18)35-9-13-37(14-10-35)23-22(39(40)41)17-33-24(34-23)38-15-11-36(12-16-38)21-7-3-19(4-8-21)26(30,31)32/h1-8,17H,9-16H2. The Kier molecular flexibility index (Phi) is 7.53. The first-order valence-electron chi connectivity index (χ1n) is 12.8. The summed E-state index contributed by atoms with van der Waals surface area (Å²) in [6, 6.07) is 9.84. The van der Waals surface area contributed by atoms with Crippen LogP contribution in [0.15, 0.2) is 54.7 Å². The summed E-state index contributed by atoms with van der Waals surface area (Å²) in [6.45, 7) is 3.47. The van der Waals surface area contributed by atoms with E-state index in [4.69, 9.17) is 0 Å². The molecular formula is C26H25F6N7O2. The minimum Gasteiger partial charge on any atom is -0.368 e. The van der Waals surface area contributed by atoms with E-state index in [1.807, 2.05) is 14.7 Å². The van der Waals surface area contributed by atoms with Crippen LogP contribution in [-0.2, 0) is 12.4 Å². The van der Waals surface area contributed by atoms with Gasteiger partial charge in [0.25, 0.3) is 0 Å². The van der Waals surface area contributed by atoms with Crippen LogP contribution in [0.2, 0.25) is 0 Å². The number of anilines is 4. The summed E-state index contributed by atoms with van der Waals surface area (Å²) >= 11 is 0. The highest BCUT2D eigenvalue weighted by atomic mass is 19.4. The molecule has 3 heterocycles. The van der Waals surface area contributed by atoms with Crippen LogP contribution in [-0.4, -0.2) is 67.2 Å². The number of hydrogen-bond acceptors (Lipinski definition) is 8. The predicted molar refractivity (Wildman–Crippen MR) is 140 cm³/mol. The maximum Gasteiger partial charge on any atom is 0.416 e. The van der Waals surface area contributed by atoms with Gasteiger partial charge >= 0.3 is 18.0 Å². The summed E-state index contributed by atoms with van der Waals surface area (Å²) in [5.74, 6) is 0.472. The van der Waals surface area contributed by atoms with E-state index in [-0.39, 0.29) is 11.5 Å². The van der Waals surface area contributed by atoms with Crippen LogP contribution in [0, 0.1) is 10.1 Å². The molecule has 2 aliphatic heterocycles. The fraction of sp³-hybridized carbons (Fsp3) is 0.385. The average molecular weight is 582 g/mol. The number of halogens is 6. The van der Waals surface area contributed by atoms with Crippen molar-refractivity contribution in [1.82, 2.24) is 9.97 Å². The van der Waals surface area contributed by atoms with E-state index in [0.717, 1.165) is 24.3 Å². The first kappa shape index (κ1) is 28.2. The lowest BCUT2D eigenvalue weighted by Crippen LogP contribution is -2.48. The van der Waals surface area contributed by atoms with Crippen molar-refractivity contribution in [3.63, 3.8) is 0 Å². The van der Waals surface area contributed by atoms with Gasteiger partial charge in [-0.25, -0.2) is 4.98 Å². The Balaban J connectivity index is 1.25. The molecule has 0 spiro atoms. The SMILES string of the molecule is O=[N+]([O-])c1cnc(N2CCN(c3ccc(C(F)(F)F)cc3)CC2)nc1N1CCN(c2ccc(C(F)(F)F)cc2)CC1. The van der Waals surface area contributed by atoms with Crippen LogP contribution in [0.1, 0.15) is 11.1 Å². The summed E-state index contributed by atoms with van der Waals surface area (Å²) in [7, 11) is 0. The van der Waals surface area contributed by atoms with Crippen molar-refractivity contribution in [1.29, 1.82) is 0 Å². The second-order valence-corrected chi connectivity index (χ2v) is 9.67. The number of piperazine rings is 2. The summed E-state index contributed by atoms with van der Waals surface area (Å²) in [6.07, 6.45) is -7.66. The quantitative estimate of drug-likeness (QED) is 0.235. The van der Waals surface area contributed by atoms with E-state index < -0.39 is 28.4 Å². The van der Waals surface area contributed by atoms with Crippen LogP contribution < -0.4 is 19.6 Å². The Bertz CT molecular complexity index is 1370. The van der Waals surface area contributed by atoms with Gasteiger partial charge in [-0.15, -0.1) is 0 Å². The molecule has 0 amide bonds. The first-order chi connectivity index (χ1) is 19.4. The summed E-state index contributed by atoms with van der Waals surface area (Å²) < 4.78 is 77.3. The van der Waals surface area contributed by atoms with E-state index in [1.54, 1.807) is 4.90 Å². The molecule has 2 aromatic carbocycles. The largest absolute Gasteiger partial charge is 0.416 e. The van der Waals surface area contributed by atoms with Crippen LogP contribution in [0.5, 0.6) is 0 Å². The molecule has 15 heteroatoms. The molecule has 1 aromatic heterocycles. The van der Waals surface area contributed by atoms with Crippen molar-refractivity contribution in [2.45, 2.75) is 12.4 Å². The Morgan fingerprint density at radius 1 is 0.634 bits per heavy atom. The van der Waals surface area contributed by atoms with Crippen LogP contribution in [0.3, 0.4) is 0 Å². The molecular weight excluding hydrogens is 556 g/mol. The highest BCUT2D eigenvalue weighted by Gasteiger charge is 2.32. The zero-order chi connectivity index (χ0) is 29.4. The molecule has 41 heavy (non-hydrogen) atoms. The monoisotopic (exact) mass is 581 g/mol. The number of rotatable bonds is 5. The zero-order valence-electron chi connectivity index (χ0n) is 21.6. The Hall–Kier alpha value is -4.30. The van der Waals surface area contributed by atoms with Crippen molar-refractivity contribution < 1.29 is 31.3 Å². The second-order valence-electron chi connectivity index (χ2n) is 9.67. The minimum absolute atomic E-state index is 0.164. The zero-order valence-corrected chi connectivity index (χ0v) is 21.6. The van der Waals surface area contributed by atoms with Gasteiger partial charge in [0.05, 0.1) is 16.1 Å². The maximum absolute atomic E-state index is 12.9. The van der Waals surface area contributed by atoms with E-state index in [9.17, 15) is 36.5 Å². The molecule has 5 rings (SSSR count). The van der Waals surface area contributed by atoms with Crippen molar-refractivity contribution in [2.75, 3.05) is 72.0 Å². The lowest BCUT2D eigenvalue weighted by molar-refractivity contribution is -0.384. The van der Waals surface area contributed by atoms with Crippen LogP contribution in [0.25, 0.3) is 0 Å². The lowest BCUT2D eigenvalue weighted by Gasteiger charge is -2.38. The normalized spacial score (nSPS) is 16.7. The molecule has 2 fully saturated rings. The molecule has 9 nitrogen and oxygen atoms in total. The van der Waals surface area contributed by atoms with E-state index in [2.05, 4.69) is 9.97 Å². The third-order valence-electron chi connectivity index (χ3n) is 7.20. The van der Waals surface area contributed by atoms with Gasteiger partial charge in [-0.2, -0.15) is 31.3 Å². The lowest BCUT2D eigenvalue weighted by atomic mass is 10.1. The molecule has 2 saturated heterocycles. The van der Waals surface area contributed by atoms with Crippen molar-refractivity contribution in [3.8, 4) is 0 Å². The predicted octanol–water partition coefficient (Wildman–Crippen LogP) is 5.08. The third kappa shape index (κ3) is 6.23. The van der Waals surface area contributed by atoms with Gasteiger partial charge in [-0.05, 0) is 48.5 Å². The highest BCUT2D eigenvalue weighted by Crippen LogP contribution is 2.33. The third-order valence-corrected chi connectivity index (χ3v) is 7.20. The fourth-order valence-electron chi connectivity index (χ4n) is 4.93. The van der Waals surface area contributed by atoms with Gasteiger partial charge in [0.2, 0.25) is 11.8 Å². The summed E-state index contributed by atoms with van der Waals surface area (Å²) in [5.41, 5.74) is -0.411. The molecule has 0 saturated carbocycles. The number of nitrogens with zero attached hydrogens (tertiary/aromatic N) is 7. The number of alkyl halides is 6. The fourth-order valence-corrected chi connectivity index (χ4v) is 4.93. The van der Waals surface area contributed by atoms with Gasteiger partial charge in [0.1, 0.15) is 6.20 Å². The van der Waals surface area contributed by atoms with E-state index in [1.165, 1.54) is 30.5 Å². The van der Waals surface area contributed by atoms with E-state index in [0.29, 0.717) is 69.7 Å². The summed E-state index contributed by atoms with van der Waals surface area (Å²) in [5, 5.41) is 11.7. The summed E-state index contributed by atoms with van der Waals surface area (Å²) in [4.78, 5) is 27.4. The second kappa shape index (κ2) is 10.9. The van der Waals surface area contributed by atoms with Crippen molar-refractivity contribution in [3.05, 3.63) is 76.0 Å². The Morgan fingerprint density at radius 2 is 1.02 bits per heavy atom. The van der Waals surface area contributed by atoms with Gasteiger partial charge in [0, 0.05) is 63.7 Å². The van der Waals surface area contributed by atoms with Gasteiger partial charge in [-0.3, -0.25) is 10.1 Å². The topological polar surface area (TPSA) is 81.9 Å². The Morgan fingerprint density at radius 3 is 1.41 bits per heavy atom. The Labute approximate surface area is 230 Å². The first-order valence-corrected chi connectivity index (χ1v) is 12.8. The molecule has 0 bridgehead atoms. The van der Waals surface area contributed by atoms with Crippen LogP contribution in [0.4, 0.5) is 55.2 Å². The molecule has 0 atom stereocenters. The molecule has 2 aliphatic rings. The molecule has 0 radical (unpaired) electrons. The maximum atomic E-state index is 12.9. The molecule has 0 unspecified atom stereocenters. The van der Waals surface area contributed by atoms with Crippen molar-refractivity contribution in [2.24, 2.45) is 0 Å². The van der Waals surface area contributed by atoms with Gasteiger partial charge < -0.3 is 19.6 Å². The highest BCUT2D eigenvalue weighted by molar-refractivity contribution is 5.61. The van der Waals surface area contributed by atoms with Gasteiger partial charge in [0.15, 0.2) is 0 Å². The number of benzene rings is 2. The number of hydrogen-bond donors (Lipinski definition) is 0. The molecule has 0 aliphatic carbocycles. The molecule has 218 valence electrons. The molecule has 0 N–H and O–H groups in total. The van der Waals surface area contributed by atoms with Crippen LogP contribution >= 0.6 is 0 Å². The number of aromatic nitrogens is 2. The average Bonchev–Trinajstić information content (AvgIpc) is 2.96. The van der Waals surface area contributed by atoms with Gasteiger partial charge in [-0.1, -0.05) is 0 Å². The number of nitro groups is 1.